The molecule has 3 rings (SSSR count). The summed E-state index contributed by atoms with van der Waals surface area (Å²) in [6.45, 7) is 3.45. The highest BCUT2D eigenvalue weighted by Crippen LogP contribution is 2.25. The van der Waals surface area contributed by atoms with Gasteiger partial charge in [-0.1, -0.05) is 19.8 Å². The Balaban J connectivity index is 1.57. The van der Waals surface area contributed by atoms with Crippen molar-refractivity contribution in [3.63, 3.8) is 0 Å². The number of likely N-dealkylation sites (tertiary alicyclic amines) is 1. The molecule has 0 spiro atoms. The van der Waals surface area contributed by atoms with Crippen LogP contribution in [-0.2, 0) is 4.79 Å². The molecule has 126 valence electrons. The van der Waals surface area contributed by atoms with Gasteiger partial charge in [0.15, 0.2) is 0 Å². The fraction of sp³-hybridized carbons (Fsp3) is 0.667. The molecule has 1 saturated carbocycles. The first-order chi connectivity index (χ1) is 11.1. The van der Waals surface area contributed by atoms with Gasteiger partial charge in [0.25, 0.3) is 5.91 Å². The molecular weight excluding hydrogens is 292 g/mol. The van der Waals surface area contributed by atoms with E-state index in [9.17, 15) is 9.59 Å². The van der Waals surface area contributed by atoms with Gasteiger partial charge in [-0.15, -0.1) is 0 Å². The number of nitrogens with one attached hydrogen (secondary N) is 1. The average molecular weight is 318 g/mol. The Bertz CT molecular complexity index is 540. The molecule has 5 nitrogen and oxygen atoms in total. The van der Waals surface area contributed by atoms with E-state index in [-0.39, 0.29) is 17.7 Å². The molecule has 0 radical (unpaired) electrons. The van der Waals surface area contributed by atoms with Gasteiger partial charge >= 0.3 is 0 Å². The summed E-state index contributed by atoms with van der Waals surface area (Å²) in [4.78, 5) is 26.8. The van der Waals surface area contributed by atoms with Crippen LogP contribution in [0.1, 0.15) is 55.8 Å². The molecule has 23 heavy (non-hydrogen) atoms. The number of nitrogens with zero attached hydrogens (tertiary/aromatic N) is 1. The molecule has 0 aromatic carbocycles. The first-order valence-corrected chi connectivity index (χ1v) is 8.77. The van der Waals surface area contributed by atoms with Crippen molar-refractivity contribution in [1.29, 1.82) is 0 Å². The summed E-state index contributed by atoms with van der Waals surface area (Å²) in [6.07, 6.45) is 9.46. The van der Waals surface area contributed by atoms with Crippen LogP contribution in [0.25, 0.3) is 0 Å². The van der Waals surface area contributed by atoms with Crippen LogP contribution in [-0.4, -0.2) is 35.8 Å². The van der Waals surface area contributed by atoms with Gasteiger partial charge in [0.1, 0.15) is 6.26 Å². The highest BCUT2D eigenvalue weighted by atomic mass is 16.3. The number of rotatable bonds is 3. The van der Waals surface area contributed by atoms with Crippen LogP contribution in [0.3, 0.4) is 0 Å². The number of hydrogen-bond donors (Lipinski definition) is 1. The van der Waals surface area contributed by atoms with Gasteiger partial charge < -0.3 is 14.6 Å². The molecule has 1 saturated heterocycles. The molecule has 2 amide bonds. The molecule has 1 N–H and O–H groups in total. The Morgan fingerprint density at radius 1 is 1.22 bits per heavy atom. The topological polar surface area (TPSA) is 62.6 Å². The standard InChI is InChI=1S/C18H26N2O3/c1-13-5-2-3-7-16(13)19-17(21)14-6-4-9-20(11-14)18(22)15-8-10-23-12-15/h8,10,12-14,16H,2-7,9,11H2,1H3,(H,19,21)/t13-,14-,16+/m1/s1. The lowest BCUT2D eigenvalue weighted by molar-refractivity contribution is -0.127. The Morgan fingerprint density at radius 2 is 2.04 bits per heavy atom. The molecule has 0 bridgehead atoms. The van der Waals surface area contributed by atoms with Crippen molar-refractivity contribution >= 4 is 11.8 Å². The van der Waals surface area contributed by atoms with E-state index in [0.717, 1.165) is 19.3 Å². The van der Waals surface area contributed by atoms with Crippen molar-refractivity contribution in [2.75, 3.05) is 13.1 Å². The van der Waals surface area contributed by atoms with E-state index in [1.165, 1.54) is 31.8 Å². The van der Waals surface area contributed by atoms with Gasteiger partial charge in [0.05, 0.1) is 17.7 Å². The summed E-state index contributed by atoms with van der Waals surface area (Å²) in [5, 5.41) is 3.24. The SMILES string of the molecule is C[C@@H]1CCCC[C@@H]1NC(=O)[C@@H]1CCCN(C(=O)c2ccoc2)C1. The third-order valence-electron chi connectivity index (χ3n) is 5.29. The summed E-state index contributed by atoms with van der Waals surface area (Å²) in [5.41, 5.74) is 0.562. The Morgan fingerprint density at radius 3 is 2.78 bits per heavy atom. The zero-order chi connectivity index (χ0) is 16.2. The number of furan rings is 1. The summed E-state index contributed by atoms with van der Waals surface area (Å²) in [5.74, 6) is 0.546. The Labute approximate surface area is 137 Å². The third-order valence-corrected chi connectivity index (χ3v) is 5.29. The van der Waals surface area contributed by atoms with E-state index < -0.39 is 0 Å². The first kappa shape index (κ1) is 16.1. The minimum atomic E-state index is -0.0891. The van der Waals surface area contributed by atoms with Crippen molar-refractivity contribution in [2.24, 2.45) is 11.8 Å². The van der Waals surface area contributed by atoms with Gasteiger partial charge in [-0.25, -0.2) is 0 Å². The highest BCUT2D eigenvalue weighted by molar-refractivity contribution is 5.94. The monoisotopic (exact) mass is 318 g/mol. The van der Waals surface area contributed by atoms with Crippen molar-refractivity contribution < 1.29 is 14.0 Å². The van der Waals surface area contributed by atoms with Crippen LogP contribution in [0.5, 0.6) is 0 Å². The van der Waals surface area contributed by atoms with Gasteiger partial charge in [-0.05, 0) is 37.7 Å². The summed E-state index contributed by atoms with van der Waals surface area (Å²) < 4.78 is 4.99. The predicted molar refractivity (Wildman–Crippen MR) is 86.9 cm³/mol. The van der Waals surface area contributed by atoms with Gasteiger partial charge in [0, 0.05) is 19.1 Å². The van der Waals surface area contributed by atoms with E-state index in [1.54, 1.807) is 11.0 Å². The maximum absolute atomic E-state index is 12.6. The van der Waals surface area contributed by atoms with Gasteiger partial charge in [0.2, 0.25) is 5.91 Å². The van der Waals surface area contributed by atoms with E-state index in [1.807, 2.05) is 0 Å². The summed E-state index contributed by atoms with van der Waals surface area (Å²) >= 11 is 0. The molecule has 0 unspecified atom stereocenters. The Hall–Kier alpha value is -1.78. The van der Waals surface area contributed by atoms with Crippen molar-refractivity contribution in [3.05, 3.63) is 24.2 Å². The second-order valence-corrected chi connectivity index (χ2v) is 6.98. The molecule has 1 aromatic rings. The number of carbonyl (C=O) groups excluding carboxylic acids is 2. The molecule has 1 aliphatic carbocycles. The number of carbonyl (C=O) groups is 2. The van der Waals surface area contributed by atoms with Crippen LogP contribution in [0.2, 0.25) is 0 Å². The lowest BCUT2D eigenvalue weighted by atomic mass is 9.85. The molecule has 1 aliphatic heterocycles. The summed E-state index contributed by atoms with van der Waals surface area (Å²) in [6, 6.07) is 1.98. The largest absolute Gasteiger partial charge is 0.472 e. The average Bonchev–Trinajstić information content (AvgIpc) is 3.11. The van der Waals surface area contributed by atoms with Crippen molar-refractivity contribution in [3.8, 4) is 0 Å². The van der Waals surface area contributed by atoms with Crippen LogP contribution in [0.4, 0.5) is 0 Å². The second kappa shape index (κ2) is 7.20. The smallest absolute Gasteiger partial charge is 0.257 e. The molecule has 2 aliphatic rings. The quantitative estimate of drug-likeness (QED) is 0.932. The maximum Gasteiger partial charge on any atom is 0.257 e. The lowest BCUT2D eigenvalue weighted by Gasteiger charge is -2.35. The third kappa shape index (κ3) is 3.77. The summed E-state index contributed by atoms with van der Waals surface area (Å²) in [7, 11) is 0. The van der Waals surface area contributed by atoms with E-state index in [0.29, 0.717) is 30.6 Å². The van der Waals surface area contributed by atoms with E-state index >= 15 is 0 Å². The Kier molecular flexibility index (Phi) is 5.03. The van der Waals surface area contributed by atoms with E-state index in [2.05, 4.69) is 12.2 Å². The fourth-order valence-corrected chi connectivity index (χ4v) is 3.78. The van der Waals surface area contributed by atoms with Crippen LogP contribution in [0, 0.1) is 11.8 Å². The minimum absolute atomic E-state index is 0.0396. The number of hydrogen-bond acceptors (Lipinski definition) is 3. The fourth-order valence-electron chi connectivity index (χ4n) is 3.78. The van der Waals surface area contributed by atoms with Crippen LogP contribution >= 0.6 is 0 Å². The van der Waals surface area contributed by atoms with Crippen molar-refractivity contribution in [2.45, 2.75) is 51.5 Å². The predicted octanol–water partition coefficient (Wildman–Crippen LogP) is 2.83. The molecule has 2 heterocycles. The van der Waals surface area contributed by atoms with Crippen molar-refractivity contribution in [1.82, 2.24) is 10.2 Å². The van der Waals surface area contributed by atoms with Gasteiger partial charge in [-0.3, -0.25) is 9.59 Å². The highest BCUT2D eigenvalue weighted by Gasteiger charge is 2.31. The normalized spacial score (nSPS) is 28.4. The molecular formula is C18H26N2O3. The van der Waals surface area contributed by atoms with Gasteiger partial charge in [-0.2, -0.15) is 0 Å². The van der Waals surface area contributed by atoms with Crippen LogP contribution < -0.4 is 5.32 Å². The number of amides is 2. The maximum atomic E-state index is 12.6. The van der Waals surface area contributed by atoms with E-state index in [4.69, 9.17) is 4.42 Å². The first-order valence-electron chi connectivity index (χ1n) is 8.77. The zero-order valence-electron chi connectivity index (χ0n) is 13.8. The lowest BCUT2D eigenvalue weighted by Crippen LogP contribution is -2.49. The molecule has 2 fully saturated rings. The zero-order valence-corrected chi connectivity index (χ0v) is 13.8. The molecule has 1 aromatic heterocycles. The second-order valence-electron chi connectivity index (χ2n) is 6.98. The molecule has 3 atom stereocenters. The minimum Gasteiger partial charge on any atom is -0.472 e. The number of piperidine rings is 1. The van der Waals surface area contributed by atoms with Crippen LogP contribution in [0.15, 0.2) is 23.0 Å². The molecule has 5 heteroatoms.